The Balaban J connectivity index is 2.34. The number of likely N-dealkylation sites (N-methyl/N-ethyl adjacent to an activating group) is 1. The van der Waals surface area contributed by atoms with Crippen LogP contribution in [0.4, 0.5) is 5.69 Å². The first-order valence-corrected chi connectivity index (χ1v) is 10.8. The van der Waals surface area contributed by atoms with Crippen LogP contribution in [-0.4, -0.2) is 44.6 Å². The van der Waals surface area contributed by atoms with Crippen LogP contribution in [0.1, 0.15) is 50.2 Å². The van der Waals surface area contributed by atoms with Gasteiger partial charge in [-0.05, 0) is 50.8 Å². The first-order valence-electron chi connectivity index (χ1n) is 8.96. The van der Waals surface area contributed by atoms with E-state index in [4.69, 9.17) is 0 Å². The van der Waals surface area contributed by atoms with Crippen LogP contribution < -0.4 is 4.31 Å². The lowest BCUT2D eigenvalue weighted by atomic mass is 9.94. The van der Waals surface area contributed by atoms with Crippen molar-refractivity contribution in [1.29, 1.82) is 0 Å². The van der Waals surface area contributed by atoms with E-state index in [1.165, 1.54) is 17.0 Å². The number of carbonyl (C=O) groups is 1. The van der Waals surface area contributed by atoms with Crippen molar-refractivity contribution in [2.45, 2.75) is 65.0 Å². The van der Waals surface area contributed by atoms with Gasteiger partial charge in [-0.3, -0.25) is 9.10 Å². The van der Waals surface area contributed by atoms with Crippen LogP contribution >= 0.6 is 0 Å². The minimum absolute atomic E-state index is 0.141. The summed E-state index contributed by atoms with van der Waals surface area (Å²) in [6.45, 7) is 5.48. The third-order valence-corrected chi connectivity index (χ3v) is 6.37. The minimum atomic E-state index is -3.58. The number of benzene rings is 1. The number of aryl methyl sites for hydroxylation is 2. The molecular weight excluding hydrogens is 336 g/mol. The van der Waals surface area contributed by atoms with Gasteiger partial charge < -0.3 is 4.90 Å². The Labute approximate surface area is 152 Å². The molecule has 0 aliphatic heterocycles. The zero-order chi connectivity index (χ0) is 18.8. The summed E-state index contributed by atoms with van der Waals surface area (Å²) < 4.78 is 26.3. The molecule has 0 saturated heterocycles. The largest absolute Gasteiger partial charge is 0.341 e. The van der Waals surface area contributed by atoms with E-state index in [9.17, 15) is 13.2 Å². The fourth-order valence-corrected chi connectivity index (χ4v) is 4.89. The first kappa shape index (κ1) is 19.8. The summed E-state index contributed by atoms with van der Waals surface area (Å²) in [7, 11) is -1.78. The summed E-state index contributed by atoms with van der Waals surface area (Å²) in [5, 5.41) is 0. The Hall–Kier alpha value is -1.56. The number of hydrogen-bond acceptors (Lipinski definition) is 3. The van der Waals surface area contributed by atoms with Gasteiger partial charge in [-0.2, -0.15) is 0 Å². The summed E-state index contributed by atoms with van der Waals surface area (Å²) in [6, 6.07) is 5.12. The van der Waals surface area contributed by atoms with Crippen LogP contribution in [0.2, 0.25) is 0 Å². The second-order valence-corrected chi connectivity index (χ2v) is 9.13. The van der Waals surface area contributed by atoms with Crippen molar-refractivity contribution in [3.05, 3.63) is 29.3 Å². The summed E-state index contributed by atoms with van der Waals surface area (Å²) in [4.78, 5) is 14.8. The molecule has 1 atom stereocenters. The van der Waals surface area contributed by atoms with Crippen LogP contribution in [0.5, 0.6) is 0 Å². The van der Waals surface area contributed by atoms with Crippen molar-refractivity contribution in [3.63, 3.8) is 0 Å². The van der Waals surface area contributed by atoms with Crippen molar-refractivity contribution in [2.24, 2.45) is 0 Å². The fraction of sp³-hybridized carbons (Fsp3) is 0.632. The predicted molar refractivity (Wildman–Crippen MR) is 102 cm³/mol. The predicted octanol–water partition coefficient (Wildman–Crippen LogP) is 3.25. The minimum Gasteiger partial charge on any atom is -0.341 e. The van der Waals surface area contributed by atoms with Gasteiger partial charge in [-0.1, -0.05) is 31.4 Å². The Morgan fingerprint density at radius 1 is 1.16 bits per heavy atom. The van der Waals surface area contributed by atoms with E-state index in [-0.39, 0.29) is 11.9 Å². The third-order valence-electron chi connectivity index (χ3n) is 5.14. The molecule has 6 heteroatoms. The first-order chi connectivity index (χ1) is 11.6. The highest BCUT2D eigenvalue weighted by Gasteiger charge is 2.34. The maximum Gasteiger partial charge on any atom is 0.246 e. The smallest absolute Gasteiger partial charge is 0.246 e. The van der Waals surface area contributed by atoms with Gasteiger partial charge in [0.2, 0.25) is 15.9 Å². The normalized spacial score (nSPS) is 17.2. The Kier molecular flexibility index (Phi) is 6.14. The van der Waals surface area contributed by atoms with E-state index in [2.05, 4.69) is 0 Å². The van der Waals surface area contributed by atoms with Gasteiger partial charge in [0.25, 0.3) is 0 Å². The molecular formula is C19H30N2O3S. The lowest BCUT2D eigenvalue weighted by Crippen LogP contribution is -2.51. The number of hydrogen-bond donors (Lipinski definition) is 0. The van der Waals surface area contributed by atoms with Crippen molar-refractivity contribution < 1.29 is 13.2 Å². The SMILES string of the molecule is Cc1ccc(C)c(N([C@@H](C)C(=O)N(C)C2CCCCC2)S(C)(=O)=O)c1. The van der Waals surface area contributed by atoms with E-state index in [1.807, 2.05) is 32.0 Å². The number of carbonyl (C=O) groups excluding carboxylic acids is 1. The molecule has 1 saturated carbocycles. The monoisotopic (exact) mass is 366 g/mol. The molecule has 0 radical (unpaired) electrons. The lowest BCUT2D eigenvalue weighted by molar-refractivity contribution is -0.133. The molecule has 0 N–H and O–H groups in total. The molecule has 1 fully saturated rings. The Bertz CT molecular complexity index is 724. The quantitative estimate of drug-likeness (QED) is 0.804. The fourth-order valence-electron chi connectivity index (χ4n) is 3.67. The molecule has 5 nitrogen and oxygen atoms in total. The molecule has 140 valence electrons. The number of rotatable bonds is 5. The van der Waals surface area contributed by atoms with Crippen molar-refractivity contribution in [3.8, 4) is 0 Å². The van der Waals surface area contributed by atoms with Crippen molar-refractivity contribution >= 4 is 21.6 Å². The van der Waals surface area contributed by atoms with Crippen LogP contribution in [0.25, 0.3) is 0 Å². The molecule has 1 aromatic rings. The highest BCUT2D eigenvalue weighted by atomic mass is 32.2. The molecule has 0 bridgehead atoms. The van der Waals surface area contributed by atoms with E-state index in [1.54, 1.807) is 18.9 Å². The van der Waals surface area contributed by atoms with Crippen molar-refractivity contribution in [1.82, 2.24) is 4.90 Å². The van der Waals surface area contributed by atoms with Crippen LogP contribution in [0, 0.1) is 13.8 Å². The second kappa shape index (κ2) is 7.77. The Morgan fingerprint density at radius 2 is 1.76 bits per heavy atom. The standard InChI is InChI=1S/C19H30N2O3S/c1-14-11-12-15(2)18(13-14)21(25(5,23)24)16(3)19(22)20(4)17-9-7-6-8-10-17/h11-13,16-17H,6-10H2,1-5H3/t16-/m0/s1. The van der Waals surface area contributed by atoms with E-state index in [0.29, 0.717) is 5.69 Å². The molecule has 1 aliphatic rings. The summed E-state index contributed by atoms with van der Waals surface area (Å²) in [5.41, 5.74) is 2.39. The molecule has 0 heterocycles. The summed E-state index contributed by atoms with van der Waals surface area (Å²) in [6.07, 6.45) is 6.63. The molecule has 0 spiro atoms. The average Bonchev–Trinajstić information content (AvgIpc) is 2.56. The van der Waals surface area contributed by atoms with Gasteiger partial charge in [0.05, 0.1) is 11.9 Å². The Morgan fingerprint density at radius 3 is 2.32 bits per heavy atom. The van der Waals surface area contributed by atoms with Gasteiger partial charge in [0.15, 0.2) is 0 Å². The van der Waals surface area contributed by atoms with Crippen LogP contribution in [0.15, 0.2) is 18.2 Å². The van der Waals surface area contributed by atoms with Crippen LogP contribution in [0.3, 0.4) is 0 Å². The maximum absolute atomic E-state index is 13.0. The number of amides is 1. The van der Waals surface area contributed by atoms with Gasteiger partial charge in [0.1, 0.15) is 6.04 Å². The van der Waals surface area contributed by atoms with Gasteiger partial charge >= 0.3 is 0 Å². The maximum atomic E-state index is 13.0. The van der Waals surface area contributed by atoms with Crippen LogP contribution in [-0.2, 0) is 14.8 Å². The third kappa shape index (κ3) is 4.54. The van der Waals surface area contributed by atoms with E-state index >= 15 is 0 Å². The molecule has 1 amide bonds. The highest BCUT2D eigenvalue weighted by molar-refractivity contribution is 7.92. The lowest BCUT2D eigenvalue weighted by Gasteiger charge is -2.36. The zero-order valence-corrected chi connectivity index (χ0v) is 16.8. The molecule has 0 unspecified atom stereocenters. The average molecular weight is 367 g/mol. The highest BCUT2D eigenvalue weighted by Crippen LogP contribution is 2.28. The summed E-state index contributed by atoms with van der Waals surface area (Å²) in [5.74, 6) is -0.141. The molecule has 2 rings (SSSR count). The topological polar surface area (TPSA) is 57.7 Å². The number of anilines is 1. The number of nitrogens with zero attached hydrogens (tertiary/aromatic N) is 2. The molecule has 1 aromatic carbocycles. The molecule has 0 aromatic heterocycles. The number of sulfonamides is 1. The van der Waals surface area contributed by atoms with Gasteiger partial charge in [-0.15, -0.1) is 0 Å². The van der Waals surface area contributed by atoms with E-state index < -0.39 is 16.1 Å². The van der Waals surface area contributed by atoms with Crippen molar-refractivity contribution in [2.75, 3.05) is 17.6 Å². The summed E-state index contributed by atoms with van der Waals surface area (Å²) >= 11 is 0. The van der Waals surface area contributed by atoms with E-state index in [0.717, 1.165) is 36.8 Å². The van der Waals surface area contributed by atoms with Gasteiger partial charge in [-0.25, -0.2) is 8.42 Å². The molecule has 25 heavy (non-hydrogen) atoms. The second-order valence-electron chi connectivity index (χ2n) is 7.27. The van der Waals surface area contributed by atoms with Gasteiger partial charge in [0, 0.05) is 13.1 Å². The zero-order valence-electron chi connectivity index (χ0n) is 15.9. The molecule has 1 aliphatic carbocycles.